The molecule has 0 fully saturated rings. The number of amides is 1. The van der Waals surface area contributed by atoms with Crippen LogP contribution in [0.3, 0.4) is 0 Å². The van der Waals surface area contributed by atoms with Crippen LogP contribution >= 0.6 is 11.3 Å². The van der Waals surface area contributed by atoms with Gasteiger partial charge in [0.1, 0.15) is 11.6 Å². The molecule has 22 heavy (non-hydrogen) atoms. The van der Waals surface area contributed by atoms with E-state index in [9.17, 15) is 14.9 Å². The fourth-order valence-electron chi connectivity index (χ4n) is 1.69. The van der Waals surface area contributed by atoms with E-state index < -0.39 is 10.8 Å². The molecule has 0 radical (unpaired) electrons. The van der Waals surface area contributed by atoms with Gasteiger partial charge in [0.25, 0.3) is 11.6 Å². The molecule has 7 heteroatoms. The molecule has 110 valence electrons. The first-order valence-corrected chi connectivity index (χ1v) is 7.05. The average Bonchev–Trinajstić information content (AvgIpc) is 2.90. The number of anilines is 1. The number of non-ortho nitro benzene ring substituents is 1. The van der Waals surface area contributed by atoms with Crippen molar-refractivity contribution in [3.8, 4) is 6.07 Å². The molecule has 0 aliphatic heterocycles. The first-order valence-electron chi connectivity index (χ1n) is 6.23. The monoisotopic (exact) mass is 313 g/mol. The average molecular weight is 313 g/mol. The first kappa shape index (κ1) is 15.4. The summed E-state index contributed by atoms with van der Waals surface area (Å²) in [6, 6.07) is 11.0. The molecule has 2 aromatic rings. The van der Waals surface area contributed by atoms with Gasteiger partial charge in [-0.3, -0.25) is 14.9 Å². The number of carbonyl (C=O) groups excluding carboxylic acids is 1. The largest absolute Gasteiger partial charge is 0.321 e. The number of hydrogen-bond donors (Lipinski definition) is 1. The molecule has 2 rings (SSSR count). The molecular weight excluding hydrogens is 302 g/mol. The normalized spacial score (nSPS) is 10.8. The molecule has 0 saturated carbocycles. The third-order valence-corrected chi connectivity index (χ3v) is 3.70. The maximum atomic E-state index is 12.0. The van der Waals surface area contributed by atoms with Crippen LogP contribution in [0.4, 0.5) is 11.4 Å². The van der Waals surface area contributed by atoms with Crippen molar-refractivity contribution < 1.29 is 9.72 Å². The van der Waals surface area contributed by atoms with Crippen LogP contribution in [0.25, 0.3) is 6.08 Å². The molecule has 1 N–H and O–H groups in total. The number of nitrogens with zero attached hydrogens (tertiary/aromatic N) is 2. The van der Waals surface area contributed by atoms with Crippen LogP contribution in [0.15, 0.2) is 42.0 Å². The molecule has 1 aromatic heterocycles. The lowest BCUT2D eigenvalue weighted by Crippen LogP contribution is -2.13. The smallest absolute Gasteiger partial charge is 0.269 e. The van der Waals surface area contributed by atoms with E-state index in [-0.39, 0.29) is 11.3 Å². The number of hydrogen-bond acceptors (Lipinski definition) is 5. The Bertz CT molecular complexity index is 785. The van der Waals surface area contributed by atoms with Crippen LogP contribution in [0.2, 0.25) is 0 Å². The van der Waals surface area contributed by atoms with Crippen LogP contribution in [0.5, 0.6) is 0 Å². The molecule has 0 bridgehead atoms. The van der Waals surface area contributed by atoms with E-state index in [1.807, 2.05) is 25.1 Å². The fraction of sp³-hybridized carbons (Fsp3) is 0.0667. The van der Waals surface area contributed by atoms with Gasteiger partial charge >= 0.3 is 0 Å². The van der Waals surface area contributed by atoms with E-state index in [2.05, 4.69) is 5.32 Å². The number of rotatable bonds is 4. The molecule has 1 aromatic carbocycles. The number of carbonyl (C=O) groups is 1. The Morgan fingerprint density at radius 2 is 2.00 bits per heavy atom. The molecule has 0 unspecified atom stereocenters. The summed E-state index contributed by atoms with van der Waals surface area (Å²) in [6.07, 6.45) is 1.51. The van der Waals surface area contributed by atoms with Crippen molar-refractivity contribution in [3.63, 3.8) is 0 Å². The second-order valence-corrected chi connectivity index (χ2v) is 5.70. The van der Waals surface area contributed by atoms with E-state index in [0.29, 0.717) is 5.69 Å². The minimum atomic E-state index is -0.553. The van der Waals surface area contributed by atoms with Crippen molar-refractivity contribution in [1.29, 1.82) is 5.26 Å². The van der Waals surface area contributed by atoms with Crippen LogP contribution in [-0.2, 0) is 4.79 Å². The van der Waals surface area contributed by atoms with Crippen molar-refractivity contribution in [2.45, 2.75) is 6.92 Å². The highest BCUT2D eigenvalue weighted by Gasteiger charge is 2.11. The highest BCUT2D eigenvalue weighted by molar-refractivity contribution is 7.12. The Balaban J connectivity index is 2.14. The highest BCUT2D eigenvalue weighted by Crippen LogP contribution is 2.20. The SMILES string of the molecule is Cc1ccc(C=C(C#N)C(=O)Nc2ccc([N+](=O)[O-])cc2)s1. The van der Waals surface area contributed by atoms with E-state index in [0.717, 1.165) is 9.75 Å². The number of nitro groups is 1. The lowest BCUT2D eigenvalue weighted by atomic mass is 10.2. The van der Waals surface area contributed by atoms with Gasteiger partial charge in [0.2, 0.25) is 0 Å². The summed E-state index contributed by atoms with van der Waals surface area (Å²) in [5.41, 5.74) is 0.294. The maximum Gasteiger partial charge on any atom is 0.269 e. The van der Waals surface area contributed by atoms with Crippen molar-refractivity contribution in [2.75, 3.05) is 5.32 Å². The molecule has 1 heterocycles. The minimum Gasteiger partial charge on any atom is -0.321 e. The molecule has 0 aliphatic rings. The third kappa shape index (κ3) is 3.77. The fourth-order valence-corrected chi connectivity index (χ4v) is 2.51. The first-order chi connectivity index (χ1) is 10.5. The Kier molecular flexibility index (Phi) is 4.66. The summed E-state index contributed by atoms with van der Waals surface area (Å²) in [5, 5.41) is 22.2. The van der Waals surface area contributed by atoms with Crippen molar-refractivity contribution >= 4 is 34.7 Å². The van der Waals surface area contributed by atoms with Crippen molar-refractivity contribution in [3.05, 3.63) is 61.8 Å². The molecule has 0 spiro atoms. The van der Waals surface area contributed by atoms with Gasteiger partial charge in [-0.15, -0.1) is 11.3 Å². The quantitative estimate of drug-likeness (QED) is 0.404. The van der Waals surface area contributed by atoms with Crippen LogP contribution < -0.4 is 5.32 Å². The van der Waals surface area contributed by atoms with Gasteiger partial charge in [0.05, 0.1) is 4.92 Å². The molecule has 0 aliphatic carbocycles. The van der Waals surface area contributed by atoms with Gasteiger partial charge in [-0.25, -0.2) is 0 Å². The Labute approximate surface area is 130 Å². The van der Waals surface area contributed by atoms with Gasteiger partial charge in [-0.2, -0.15) is 5.26 Å². The van der Waals surface area contributed by atoms with E-state index in [1.54, 1.807) is 0 Å². The molecule has 1 amide bonds. The summed E-state index contributed by atoms with van der Waals surface area (Å²) < 4.78 is 0. The summed E-state index contributed by atoms with van der Waals surface area (Å²) in [5.74, 6) is -0.553. The van der Waals surface area contributed by atoms with E-state index >= 15 is 0 Å². The Hall–Kier alpha value is -2.98. The van der Waals surface area contributed by atoms with Crippen LogP contribution in [0.1, 0.15) is 9.75 Å². The van der Waals surface area contributed by atoms with Gasteiger partial charge in [-0.1, -0.05) is 0 Å². The van der Waals surface area contributed by atoms with Gasteiger partial charge in [0, 0.05) is 27.6 Å². The second kappa shape index (κ2) is 6.65. The summed E-state index contributed by atoms with van der Waals surface area (Å²) in [4.78, 5) is 24.0. The molecular formula is C15H11N3O3S. The Morgan fingerprint density at radius 3 is 2.50 bits per heavy atom. The van der Waals surface area contributed by atoms with Gasteiger partial charge in [0.15, 0.2) is 0 Å². The number of aryl methyl sites for hydroxylation is 1. The summed E-state index contributed by atoms with van der Waals surface area (Å²) in [6.45, 7) is 1.94. The van der Waals surface area contributed by atoms with Crippen molar-refractivity contribution in [1.82, 2.24) is 0 Å². The van der Waals surface area contributed by atoms with Crippen molar-refractivity contribution in [2.24, 2.45) is 0 Å². The standard InChI is InChI=1S/C15H11N3O3S/c1-10-2-7-14(22-10)8-11(9-16)15(19)17-12-3-5-13(6-4-12)18(20)21/h2-8H,1H3,(H,17,19). The van der Waals surface area contributed by atoms with E-state index in [4.69, 9.17) is 5.26 Å². The zero-order valence-electron chi connectivity index (χ0n) is 11.6. The van der Waals surface area contributed by atoms with Crippen LogP contribution in [-0.4, -0.2) is 10.8 Å². The number of nitro benzene ring substituents is 1. The zero-order valence-corrected chi connectivity index (χ0v) is 12.4. The number of nitriles is 1. The molecule has 0 atom stereocenters. The molecule has 6 nitrogen and oxygen atoms in total. The lowest BCUT2D eigenvalue weighted by Gasteiger charge is -2.03. The highest BCUT2D eigenvalue weighted by atomic mass is 32.1. The zero-order chi connectivity index (χ0) is 16.1. The topological polar surface area (TPSA) is 96.0 Å². The third-order valence-electron chi connectivity index (χ3n) is 2.75. The number of benzene rings is 1. The maximum absolute atomic E-state index is 12.0. The minimum absolute atomic E-state index is 0.0276. The predicted molar refractivity (Wildman–Crippen MR) is 84.4 cm³/mol. The Morgan fingerprint density at radius 1 is 1.32 bits per heavy atom. The second-order valence-electron chi connectivity index (χ2n) is 4.38. The predicted octanol–water partition coefficient (Wildman–Crippen LogP) is 3.51. The molecule has 0 saturated heterocycles. The summed E-state index contributed by atoms with van der Waals surface area (Å²) >= 11 is 1.48. The number of nitrogens with one attached hydrogen (secondary N) is 1. The van der Waals surface area contributed by atoms with Gasteiger partial charge < -0.3 is 5.32 Å². The van der Waals surface area contributed by atoms with Gasteiger partial charge in [-0.05, 0) is 37.3 Å². The summed E-state index contributed by atoms with van der Waals surface area (Å²) in [7, 11) is 0. The lowest BCUT2D eigenvalue weighted by molar-refractivity contribution is -0.384. The van der Waals surface area contributed by atoms with Crippen LogP contribution in [0, 0.1) is 28.4 Å². The number of thiophene rings is 1. The van der Waals surface area contributed by atoms with E-state index in [1.165, 1.54) is 41.7 Å².